The predicted octanol–water partition coefficient (Wildman–Crippen LogP) is 0.542. The molecule has 0 bridgehead atoms. The van der Waals surface area contributed by atoms with E-state index < -0.39 is 6.10 Å². The number of hydrogen-bond acceptors (Lipinski definition) is 4. The Hall–Kier alpha value is -1.39. The molecule has 0 aliphatic carbocycles. The third-order valence-electron chi connectivity index (χ3n) is 1.57. The van der Waals surface area contributed by atoms with Crippen LogP contribution in [-0.2, 0) is 11.4 Å². The Morgan fingerprint density at radius 2 is 2.07 bits per heavy atom. The molecule has 0 radical (unpaired) electrons. The summed E-state index contributed by atoms with van der Waals surface area (Å²) in [5, 5.41) is 20.8. The van der Waals surface area contributed by atoms with Gasteiger partial charge in [-0.25, -0.2) is 0 Å². The SMILES string of the molecule is OCC(O)/C=N/OCc1ccccc1. The number of nitrogens with zero attached hydrogens (tertiary/aromatic N) is 1. The molecule has 4 nitrogen and oxygen atoms in total. The van der Waals surface area contributed by atoms with Gasteiger partial charge in [0.15, 0.2) is 0 Å². The van der Waals surface area contributed by atoms with Crippen LogP contribution in [0.15, 0.2) is 35.5 Å². The predicted molar refractivity (Wildman–Crippen MR) is 52.8 cm³/mol. The van der Waals surface area contributed by atoms with Crippen molar-refractivity contribution < 1.29 is 15.1 Å². The first-order valence-corrected chi connectivity index (χ1v) is 4.31. The summed E-state index contributed by atoms with van der Waals surface area (Å²) in [6.07, 6.45) is 0.203. The highest BCUT2D eigenvalue weighted by Crippen LogP contribution is 2.00. The van der Waals surface area contributed by atoms with Crippen molar-refractivity contribution in [3.63, 3.8) is 0 Å². The highest BCUT2D eigenvalue weighted by Gasteiger charge is 1.95. The van der Waals surface area contributed by atoms with Crippen LogP contribution < -0.4 is 0 Å². The van der Waals surface area contributed by atoms with E-state index in [0.717, 1.165) is 11.8 Å². The van der Waals surface area contributed by atoms with Crippen LogP contribution in [0.1, 0.15) is 5.56 Å². The monoisotopic (exact) mass is 195 g/mol. The van der Waals surface area contributed by atoms with Crippen molar-refractivity contribution >= 4 is 6.21 Å². The van der Waals surface area contributed by atoms with Gasteiger partial charge in [0.2, 0.25) is 0 Å². The minimum Gasteiger partial charge on any atom is -0.393 e. The number of aliphatic hydroxyl groups is 2. The first-order valence-electron chi connectivity index (χ1n) is 4.31. The van der Waals surface area contributed by atoms with Gasteiger partial charge in [-0.15, -0.1) is 0 Å². The van der Waals surface area contributed by atoms with Gasteiger partial charge in [0.1, 0.15) is 12.7 Å². The summed E-state index contributed by atoms with van der Waals surface area (Å²) in [6.45, 7) is 0.00762. The van der Waals surface area contributed by atoms with Gasteiger partial charge in [-0.3, -0.25) is 0 Å². The van der Waals surface area contributed by atoms with Crippen LogP contribution in [0.25, 0.3) is 0 Å². The Kier molecular flexibility index (Phi) is 4.68. The molecular weight excluding hydrogens is 182 g/mol. The molecule has 0 spiro atoms. The van der Waals surface area contributed by atoms with Crippen molar-refractivity contribution in [2.75, 3.05) is 6.61 Å². The summed E-state index contributed by atoms with van der Waals surface area (Å²) in [7, 11) is 0. The lowest BCUT2D eigenvalue weighted by Crippen LogP contribution is -2.13. The third kappa shape index (κ3) is 4.02. The molecule has 4 heteroatoms. The topological polar surface area (TPSA) is 62.0 Å². The molecule has 0 saturated heterocycles. The smallest absolute Gasteiger partial charge is 0.142 e. The lowest BCUT2D eigenvalue weighted by atomic mass is 10.2. The normalized spacial score (nSPS) is 13.0. The van der Waals surface area contributed by atoms with E-state index in [0.29, 0.717) is 6.61 Å². The molecule has 1 atom stereocenters. The van der Waals surface area contributed by atoms with Gasteiger partial charge >= 0.3 is 0 Å². The van der Waals surface area contributed by atoms with E-state index in [1.165, 1.54) is 0 Å². The van der Waals surface area contributed by atoms with Crippen molar-refractivity contribution in [1.82, 2.24) is 0 Å². The molecule has 0 fully saturated rings. The van der Waals surface area contributed by atoms with Gasteiger partial charge in [0.25, 0.3) is 0 Å². The summed E-state index contributed by atoms with van der Waals surface area (Å²) in [4.78, 5) is 4.89. The Bertz CT molecular complexity index is 274. The Balaban J connectivity index is 2.25. The maximum absolute atomic E-state index is 8.88. The fourth-order valence-electron chi connectivity index (χ4n) is 0.846. The summed E-state index contributed by atoms with van der Waals surface area (Å²) in [5.74, 6) is 0. The van der Waals surface area contributed by atoms with Gasteiger partial charge < -0.3 is 15.1 Å². The van der Waals surface area contributed by atoms with Crippen LogP contribution in [0.3, 0.4) is 0 Å². The molecule has 0 aliphatic rings. The largest absolute Gasteiger partial charge is 0.393 e. The maximum Gasteiger partial charge on any atom is 0.142 e. The Morgan fingerprint density at radius 1 is 1.36 bits per heavy atom. The molecule has 0 amide bonds. The van der Waals surface area contributed by atoms with E-state index in [1.54, 1.807) is 0 Å². The maximum atomic E-state index is 8.88. The first-order chi connectivity index (χ1) is 6.83. The third-order valence-corrected chi connectivity index (χ3v) is 1.57. The van der Waals surface area contributed by atoms with Crippen LogP contribution in [-0.4, -0.2) is 29.1 Å². The van der Waals surface area contributed by atoms with Crippen molar-refractivity contribution in [2.24, 2.45) is 5.16 Å². The fraction of sp³-hybridized carbons (Fsp3) is 0.300. The molecule has 1 unspecified atom stereocenters. The molecule has 76 valence electrons. The fourth-order valence-corrected chi connectivity index (χ4v) is 0.846. The highest BCUT2D eigenvalue weighted by atomic mass is 16.6. The molecule has 0 saturated carbocycles. The van der Waals surface area contributed by atoms with Crippen molar-refractivity contribution in [1.29, 1.82) is 0 Å². The minimum absolute atomic E-state index is 0.349. The Morgan fingerprint density at radius 3 is 2.71 bits per heavy atom. The average molecular weight is 195 g/mol. The zero-order chi connectivity index (χ0) is 10.2. The van der Waals surface area contributed by atoms with Gasteiger partial charge in [0.05, 0.1) is 12.8 Å². The van der Waals surface area contributed by atoms with Gasteiger partial charge in [-0.2, -0.15) is 0 Å². The zero-order valence-electron chi connectivity index (χ0n) is 7.71. The highest BCUT2D eigenvalue weighted by molar-refractivity contribution is 5.61. The average Bonchev–Trinajstić information content (AvgIpc) is 2.25. The Labute approximate surface area is 82.4 Å². The van der Waals surface area contributed by atoms with Gasteiger partial charge in [-0.1, -0.05) is 35.5 Å². The van der Waals surface area contributed by atoms with E-state index in [2.05, 4.69) is 5.16 Å². The van der Waals surface area contributed by atoms with E-state index in [-0.39, 0.29) is 6.61 Å². The molecule has 14 heavy (non-hydrogen) atoms. The molecule has 1 rings (SSSR count). The van der Waals surface area contributed by atoms with Crippen LogP contribution >= 0.6 is 0 Å². The molecule has 0 aliphatic heterocycles. The summed E-state index contributed by atoms with van der Waals surface area (Å²) < 4.78 is 0. The minimum atomic E-state index is -0.953. The van der Waals surface area contributed by atoms with Crippen LogP contribution in [0.4, 0.5) is 0 Å². The lowest BCUT2D eigenvalue weighted by molar-refractivity contribution is 0.116. The van der Waals surface area contributed by atoms with Gasteiger partial charge in [-0.05, 0) is 5.56 Å². The molecule has 0 heterocycles. The molecule has 0 aromatic heterocycles. The lowest BCUT2D eigenvalue weighted by Gasteiger charge is -2.00. The summed E-state index contributed by atoms with van der Waals surface area (Å²) >= 11 is 0. The molecular formula is C10H13NO3. The summed E-state index contributed by atoms with van der Waals surface area (Å²) in [6, 6.07) is 9.56. The second kappa shape index (κ2) is 6.12. The van der Waals surface area contributed by atoms with Crippen LogP contribution in [0.2, 0.25) is 0 Å². The molecule has 1 aromatic carbocycles. The first kappa shape index (κ1) is 10.7. The molecule has 1 aromatic rings. The number of aliphatic hydroxyl groups excluding tert-OH is 2. The van der Waals surface area contributed by atoms with Crippen molar-refractivity contribution in [3.8, 4) is 0 Å². The quantitative estimate of drug-likeness (QED) is 0.532. The number of oxime groups is 1. The number of rotatable bonds is 5. The van der Waals surface area contributed by atoms with Crippen molar-refractivity contribution in [3.05, 3.63) is 35.9 Å². The van der Waals surface area contributed by atoms with Crippen LogP contribution in [0, 0.1) is 0 Å². The van der Waals surface area contributed by atoms with Crippen LogP contribution in [0.5, 0.6) is 0 Å². The summed E-state index contributed by atoms with van der Waals surface area (Å²) in [5.41, 5.74) is 1.00. The standard InChI is InChI=1S/C10H13NO3/c12-7-10(13)6-11-14-8-9-4-2-1-3-5-9/h1-6,10,12-13H,7-8H2/b11-6+. The van der Waals surface area contributed by atoms with Gasteiger partial charge in [0, 0.05) is 0 Å². The number of hydrogen-bond donors (Lipinski definition) is 2. The van der Waals surface area contributed by atoms with E-state index in [4.69, 9.17) is 15.1 Å². The van der Waals surface area contributed by atoms with Crippen molar-refractivity contribution in [2.45, 2.75) is 12.7 Å². The second-order valence-electron chi connectivity index (χ2n) is 2.76. The molecule has 2 N–H and O–H groups in total. The van der Waals surface area contributed by atoms with E-state index in [9.17, 15) is 0 Å². The zero-order valence-corrected chi connectivity index (χ0v) is 7.71. The number of benzene rings is 1. The second-order valence-corrected chi connectivity index (χ2v) is 2.76. The van der Waals surface area contributed by atoms with E-state index >= 15 is 0 Å². The van der Waals surface area contributed by atoms with E-state index in [1.807, 2.05) is 30.3 Å².